The van der Waals surface area contributed by atoms with Gasteiger partial charge in [-0.3, -0.25) is 0 Å². The summed E-state index contributed by atoms with van der Waals surface area (Å²) >= 11 is 0. The maximum absolute atomic E-state index is 1.65. The zero-order valence-electron chi connectivity index (χ0n) is 4.93. The average molecular weight is 106 g/mol. The molecule has 4 unspecified atom stereocenters. The molecule has 0 bridgehead atoms. The quantitative estimate of drug-likeness (QED) is 0.440. The third kappa shape index (κ3) is 0.146. The van der Waals surface area contributed by atoms with Crippen LogP contribution in [0.2, 0.25) is 0 Å². The van der Waals surface area contributed by atoms with E-state index in [0.29, 0.717) is 0 Å². The zero-order chi connectivity index (χ0) is 4.93. The van der Waals surface area contributed by atoms with Gasteiger partial charge < -0.3 is 0 Å². The van der Waals surface area contributed by atoms with Crippen molar-refractivity contribution >= 4 is 0 Å². The maximum atomic E-state index is 1.65. The van der Waals surface area contributed by atoms with Gasteiger partial charge in [-0.1, -0.05) is 0 Å². The lowest BCUT2D eigenvalue weighted by molar-refractivity contribution is 0.639. The first-order chi connectivity index (χ1) is 3.92. The SMILES string of the molecule is C1C2C1C1CC13CC23. The summed E-state index contributed by atoms with van der Waals surface area (Å²) < 4.78 is 0. The molecule has 0 radical (unpaired) electrons. The smallest absolute Gasteiger partial charge is 0.0229 e. The minimum absolute atomic E-state index is 1.05. The third-order valence-electron chi connectivity index (χ3n) is 4.28. The lowest BCUT2D eigenvalue weighted by atomic mass is 10.2. The van der Waals surface area contributed by atoms with Crippen molar-refractivity contribution in [1.82, 2.24) is 0 Å². The highest BCUT2D eigenvalue weighted by atomic mass is 14.9. The van der Waals surface area contributed by atoms with Gasteiger partial charge in [0.25, 0.3) is 0 Å². The summed E-state index contributed by atoms with van der Waals surface area (Å²) in [6, 6.07) is 0. The summed E-state index contributed by atoms with van der Waals surface area (Å²) in [7, 11) is 0. The van der Waals surface area contributed by atoms with Crippen LogP contribution in [0.5, 0.6) is 0 Å². The molecule has 1 spiro atoms. The molecular formula is C8H10. The van der Waals surface area contributed by atoms with Gasteiger partial charge in [-0.25, -0.2) is 0 Å². The van der Waals surface area contributed by atoms with Gasteiger partial charge in [0.05, 0.1) is 0 Å². The molecule has 0 saturated heterocycles. The first-order valence-electron chi connectivity index (χ1n) is 3.92. The van der Waals surface area contributed by atoms with Crippen molar-refractivity contribution < 1.29 is 0 Å². The van der Waals surface area contributed by atoms with E-state index in [-0.39, 0.29) is 0 Å². The molecule has 0 heterocycles. The van der Waals surface area contributed by atoms with Crippen LogP contribution in [-0.4, -0.2) is 0 Å². The lowest BCUT2D eigenvalue weighted by Crippen LogP contribution is -1.79. The van der Waals surface area contributed by atoms with Gasteiger partial charge in [0.1, 0.15) is 0 Å². The van der Waals surface area contributed by atoms with Crippen LogP contribution >= 0.6 is 0 Å². The van der Waals surface area contributed by atoms with Crippen molar-refractivity contribution in [3.63, 3.8) is 0 Å². The molecule has 4 aliphatic carbocycles. The topological polar surface area (TPSA) is 0 Å². The number of fused-ring (bicyclic) bond motifs is 3. The summed E-state index contributed by atoms with van der Waals surface area (Å²) in [5, 5.41) is 0. The van der Waals surface area contributed by atoms with E-state index in [9.17, 15) is 0 Å². The monoisotopic (exact) mass is 106 g/mol. The van der Waals surface area contributed by atoms with Gasteiger partial charge in [0.15, 0.2) is 0 Å². The van der Waals surface area contributed by atoms with E-state index < -0.39 is 0 Å². The summed E-state index contributed by atoms with van der Waals surface area (Å²) in [5.74, 6) is 5.09. The molecule has 0 aromatic carbocycles. The molecule has 4 saturated carbocycles. The second-order valence-electron chi connectivity index (χ2n) is 4.42. The Hall–Kier alpha value is 0. The van der Waals surface area contributed by atoms with Gasteiger partial charge in [-0.15, -0.1) is 0 Å². The molecule has 4 atom stereocenters. The largest absolute Gasteiger partial charge is 0.0465 e. The first kappa shape index (κ1) is 3.24. The lowest BCUT2D eigenvalue weighted by Gasteiger charge is -1.84. The molecule has 0 nitrogen and oxygen atoms in total. The van der Waals surface area contributed by atoms with Crippen LogP contribution in [0.3, 0.4) is 0 Å². The van der Waals surface area contributed by atoms with Gasteiger partial charge in [0, 0.05) is 0 Å². The molecule has 0 amide bonds. The Morgan fingerprint density at radius 1 is 1.00 bits per heavy atom. The number of rotatable bonds is 0. The highest BCUT2D eigenvalue weighted by molar-refractivity contribution is 5.33. The summed E-state index contributed by atoms with van der Waals surface area (Å²) in [6.45, 7) is 0. The van der Waals surface area contributed by atoms with E-state index >= 15 is 0 Å². The summed E-state index contributed by atoms with van der Waals surface area (Å²) in [6.07, 6.45) is 4.94. The van der Waals surface area contributed by atoms with Crippen LogP contribution in [-0.2, 0) is 0 Å². The second-order valence-corrected chi connectivity index (χ2v) is 4.42. The molecule has 0 aromatic rings. The fraction of sp³-hybridized carbons (Fsp3) is 1.00. The Kier molecular flexibility index (Phi) is 0.231. The van der Waals surface area contributed by atoms with Crippen molar-refractivity contribution in [3.05, 3.63) is 0 Å². The molecule has 42 valence electrons. The van der Waals surface area contributed by atoms with E-state index in [1.165, 1.54) is 23.7 Å². The standard InChI is InChI=1S/C8H10/c1-4-5(1)7-3-8(7)2-6(4)8/h4-7H,1-3H2. The van der Waals surface area contributed by atoms with E-state index in [0.717, 1.165) is 5.41 Å². The van der Waals surface area contributed by atoms with Crippen LogP contribution in [0.25, 0.3) is 0 Å². The van der Waals surface area contributed by atoms with E-state index in [2.05, 4.69) is 0 Å². The van der Waals surface area contributed by atoms with Crippen LogP contribution in [0.4, 0.5) is 0 Å². The summed E-state index contributed by atoms with van der Waals surface area (Å²) in [5.41, 5.74) is 1.05. The van der Waals surface area contributed by atoms with Crippen LogP contribution in [0.1, 0.15) is 19.3 Å². The fourth-order valence-electron chi connectivity index (χ4n) is 3.68. The van der Waals surface area contributed by atoms with Crippen LogP contribution in [0.15, 0.2) is 0 Å². The highest BCUT2D eigenvalue weighted by Crippen LogP contribution is 2.91. The van der Waals surface area contributed by atoms with Crippen molar-refractivity contribution in [2.24, 2.45) is 29.1 Å². The predicted octanol–water partition coefficient (Wildman–Crippen LogP) is 1.66. The molecular weight excluding hydrogens is 96.1 g/mol. The number of hydrogen-bond donors (Lipinski definition) is 0. The van der Waals surface area contributed by atoms with Crippen molar-refractivity contribution in [2.45, 2.75) is 19.3 Å². The van der Waals surface area contributed by atoms with Crippen molar-refractivity contribution in [2.75, 3.05) is 0 Å². The second kappa shape index (κ2) is 0.571. The Morgan fingerprint density at radius 2 is 1.62 bits per heavy atom. The zero-order valence-corrected chi connectivity index (χ0v) is 4.93. The average Bonchev–Trinajstić information content (AvgIpc) is 2.62. The normalized spacial score (nSPS) is 87.0. The van der Waals surface area contributed by atoms with E-state index in [4.69, 9.17) is 0 Å². The van der Waals surface area contributed by atoms with Crippen molar-refractivity contribution in [1.29, 1.82) is 0 Å². The highest BCUT2D eigenvalue weighted by Gasteiger charge is 2.84. The van der Waals surface area contributed by atoms with Crippen molar-refractivity contribution in [3.8, 4) is 0 Å². The van der Waals surface area contributed by atoms with Gasteiger partial charge >= 0.3 is 0 Å². The van der Waals surface area contributed by atoms with Crippen LogP contribution < -0.4 is 0 Å². The van der Waals surface area contributed by atoms with Crippen LogP contribution in [0, 0.1) is 29.1 Å². The number of hydrogen-bond acceptors (Lipinski definition) is 0. The minimum Gasteiger partial charge on any atom is -0.0465 e. The predicted molar refractivity (Wildman–Crippen MR) is 30.2 cm³/mol. The van der Waals surface area contributed by atoms with Gasteiger partial charge in [0.2, 0.25) is 0 Å². The van der Waals surface area contributed by atoms with Gasteiger partial charge in [-0.2, -0.15) is 0 Å². The molecule has 0 N–H and O–H groups in total. The first-order valence-corrected chi connectivity index (χ1v) is 3.92. The minimum atomic E-state index is 1.05. The molecule has 0 heteroatoms. The fourth-order valence-corrected chi connectivity index (χ4v) is 3.68. The maximum Gasteiger partial charge on any atom is -0.0229 e. The summed E-state index contributed by atoms with van der Waals surface area (Å²) in [4.78, 5) is 0. The third-order valence-corrected chi connectivity index (χ3v) is 4.28. The molecule has 0 aromatic heterocycles. The molecule has 8 heavy (non-hydrogen) atoms. The van der Waals surface area contributed by atoms with E-state index in [1.54, 1.807) is 19.3 Å². The Balaban J connectivity index is 2.00. The van der Waals surface area contributed by atoms with E-state index in [1.807, 2.05) is 0 Å². The molecule has 4 aliphatic rings. The molecule has 0 aliphatic heterocycles. The van der Waals surface area contributed by atoms with Gasteiger partial charge in [-0.05, 0) is 48.3 Å². The molecule has 4 rings (SSSR count). The Labute approximate surface area is 49.3 Å². The molecule has 4 fully saturated rings. The Bertz CT molecular complexity index is 162. The Morgan fingerprint density at radius 3 is 2.00 bits per heavy atom.